The Balaban J connectivity index is 1.59. The van der Waals surface area contributed by atoms with E-state index in [2.05, 4.69) is 4.98 Å². The molecule has 0 aliphatic carbocycles. The Bertz CT molecular complexity index is 922. The summed E-state index contributed by atoms with van der Waals surface area (Å²) in [7, 11) is 0. The van der Waals surface area contributed by atoms with Crippen molar-refractivity contribution >= 4 is 23.2 Å². The van der Waals surface area contributed by atoms with Gasteiger partial charge >= 0.3 is 0 Å². The minimum atomic E-state index is -0.200. The van der Waals surface area contributed by atoms with E-state index in [0.29, 0.717) is 42.2 Å². The van der Waals surface area contributed by atoms with Crippen LogP contribution in [0.25, 0.3) is 0 Å². The van der Waals surface area contributed by atoms with Crippen LogP contribution in [0.4, 0.5) is 0 Å². The summed E-state index contributed by atoms with van der Waals surface area (Å²) in [6, 6.07) is 3.50. The molecule has 1 N–H and O–H groups in total. The number of likely N-dealkylation sites (tertiary alicyclic amines) is 1. The number of carbonyl (C=O) groups excluding carboxylic acids is 2. The van der Waals surface area contributed by atoms with Crippen molar-refractivity contribution in [3.05, 3.63) is 49.8 Å². The molecule has 4 heterocycles. The lowest BCUT2D eigenvalue weighted by atomic mass is 10.1. The van der Waals surface area contributed by atoms with E-state index in [1.165, 1.54) is 11.3 Å². The van der Waals surface area contributed by atoms with Crippen molar-refractivity contribution in [2.45, 2.75) is 45.2 Å². The van der Waals surface area contributed by atoms with Gasteiger partial charge in [0, 0.05) is 25.9 Å². The number of rotatable bonds is 3. The number of amides is 2. The maximum Gasteiger partial charge on any atom is 0.264 e. The van der Waals surface area contributed by atoms with Gasteiger partial charge in [0.1, 0.15) is 5.82 Å². The van der Waals surface area contributed by atoms with Crippen molar-refractivity contribution < 1.29 is 9.59 Å². The first-order chi connectivity index (χ1) is 13.1. The molecule has 2 aromatic heterocycles. The highest BCUT2D eigenvalue weighted by Gasteiger charge is 2.33. The van der Waals surface area contributed by atoms with Crippen LogP contribution < -0.4 is 5.56 Å². The summed E-state index contributed by atoms with van der Waals surface area (Å²) in [4.78, 5) is 49.2. The van der Waals surface area contributed by atoms with Crippen LogP contribution in [0.2, 0.25) is 0 Å². The Morgan fingerprint density at radius 2 is 2.22 bits per heavy atom. The summed E-state index contributed by atoms with van der Waals surface area (Å²) in [5.74, 6) is 0.622. The normalized spacial score (nSPS) is 19.2. The van der Waals surface area contributed by atoms with Gasteiger partial charge in [-0.1, -0.05) is 13.0 Å². The van der Waals surface area contributed by atoms with Crippen LogP contribution in [0, 0.1) is 0 Å². The second-order valence-electron chi connectivity index (χ2n) is 6.93. The van der Waals surface area contributed by atoms with E-state index in [1.54, 1.807) is 11.0 Å². The lowest BCUT2D eigenvalue weighted by Gasteiger charge is -2.29. The molecule has 2 amide bonds. The Morgan fingerprint density at radius 1 is 1.37 bits per heavy atom. The Labute approximate surface area is 161 Å². The highest BCUT2D eigenvalue weighted by atomic mass is 32.1. The lowest BCUT2D eigenvalue weighted by Crippen LogP contribution is -2.40. The molecule has 0 spiro atoms. The molecule has 1 fully saturated rings. The number of hydrogen-bond donors (Lipinski definition) is 1. The van der Waals surface area contributed by atoms with Crippen LogP contribution in [0.3, 0.4) is 0 Å². The standard InChI is InChI=1S/C19H22N4O3S/c1-2-16(24)23-8-3-5-14(23)17-20-13-7-9-22(11-12(13)18(25)21-17)19(26)15-6-4-10-27-15/h4,6,10,14H,2-3,5,7-9,11H2,1H3,(H,20,21,25)/t14-/m0/s1. The van der Waals surface area contributed by atoms with Crippen LogP contribution >= 0.6 is 11.3 Å². The third-order valence-electron chi connectivity index (χ3n) is 5.30. The molecule has 142 valence electrons. The molecule has 27 heavy (non-hydrogen) atoms. The van der Waals surface area contributed by atoms with E-state index >= 15 is 0 Å². The third-order valence-corrected chi connectivity index (χ3v) is 6.16. The Kier molecular flexibility index (Phi) is 4.82. The minimum absolute atomic E-state index is 0.0466. The van der Waals surface area contributed by atoms with Crippen molar-refractivity contribution in [3.8, 4) is 0 Å². The number of aromatic nitrogens is 2. The molecular formula is C19H22N4O3S. The zero-order chi connectivity index (χ0) is 19.0. The van der Waals surface area contributed by atoms with Crippen molar-refractivity contribution in [1.82, 2.24) is 19.8 Å². The number of nitrogens with one attached hydrogen (secondary N) is 1. The van der Waals surface area contributed by atoms with Crippen LogP contribution in [-0.4, -0.2) is 44.7 Å². The molecular weight excluding hydrogens is 364 g/mol. The molecule has 2 aromatic rings. The van der Waals surface area contributed by atoms with Gasteiger partial charge < -0.3 is 14.8 Å². The van der Waals surface area contributed by atoms with Gasteiger partial charge in [-0.05, 0) is 24.3 Å². The minimum Gasteiger partial charge on any atom is -0.333 e. The van der Waals surface area contributed by atoms with Gasteiger partial charge in [0.15, 0.2) is 0 Å². The first kappa shape index (κ1) is 17.9. The highest BCUT2D eigenvalue weighted by molar-refractivity contribution is 7.12. The molecule has 0 bridgehead atoms. The topological polar surface area (TPSA) is 86.4 Å². The highest BCUT2D eigenvalue weighted by Crippen LogP contribution is 2.30. The Morgan fingerprint density at radius 3 is 2.96 bits per heavy atom. The van der Waals surface area contributed by atoms with E-state index in [1.807, 2.05) is 23.3 Å². The fraction of sp³-hybridized carbons (Fsp3) is 0.474. The van der Waals surface area contributed by atoms with Gasteiger partial charge in [0.05, 0.1) is 28.7 Å². The first-order valence-corrected chi connectivity index (χ1v) is 10.2. The molecule has 2 aliphatic heterocycles. The SMILES string of the molecule is CCC(=O)N1CCC[C@H]1c1nc2c(c(=O)[nH]1)CN(C(=O)c1cccs1)CC2. The molecule has 0 aromatic carbocycles. The second kappa shape index (κ2) is 7.26. The number of H-pyrrole nitrogens is 1. The summed E-state index contributed by atoms with van der Waals surface area (Å²) >= 11 is 1.40. The van der Waals surface area contributed by atoms with E-state index < -0.39 is 0 Å². The van der Waals surface area contributed by atoms with E-state index in [-0.39, 0.29) is 30.0 Å². The quantitative estimate of drug-likeness (QED) is 0.875. The summed E-state index contributed by atoms with van der Waals surface area (Å²) in [5.41, 5.74) is 1.11. The molecule has 2 aliphatic rings. The van der Waals surface area contributed by atoms with Crippen molar-refractivity contribution in [3.63, 3.8) is 0 Å². The number of nitrogens with zero attached hydrogens (tertiary/aromatic N) is 3. The van der Waals surface area contributed by atoms with Crippen LogP contribution in [0.15, 0.2) is 22.3 Å². The zero-order valence-corrected chi connectivity index (χ0v) is 16.1. The maximum atomic E-state index is 12.7. The van der Waals surface area contributed by atoms with Gasteiger partial charge in [-0.2, -0.15) is 0 Å². The fourth-order valence-electron chi connectivity index (χ4n) is 3.88. The number of carbonyl (C=O) groups is 2. The summed E-state index contributed by atoms with van der Waals surface area (Å²) in [5, 5.41) is 1.87. The van der Waals surface area contributed by atoms with Gasteiger partial charge in [0.2, 0.25) is 5.91 Å². The summed E-state index contributed by atoms with van der Waals surface area (Å²) in [6.45, 7) is 3.38. The maximum absolute atomic E-state index is 12.7. The molecule has 8 heteroatoms. The van der Waals surface area contributed by atoms with Crippen molar-refractivity contribution in [2.75, 3.05) is 13.1 Å². The monoisotopic (exact) mass is 386 g/mol. The molecule has 0 radical (unpaired) electrons. The van der Waals surface area contributed by atoms with E-state index in [4.69, 9.17) is 4.98 Å². The van der Waals surface area contributed by atoms with E-state index in [9.17, 15) is 14.4 Å². The van der Waals surface area contributed by atoms with Gasteiger partial charge in [-0.3, -0.25) is 14.4 Å². The van der Waals surface area contributed by atoms with Gasteiger partial charge in [-0.25, -0.2) is 4.98 Å². The number of thiophene rings is 1. The molecule has 1 atom stereocenters. The summed E-state index contributed by atoms with van der Waals surface area (Å²) < 4.78 is 0. The number of aromatic amines is 1. The average molecular weight is 386 g/mol. The lowest BCUT2D eigenvalue weighted by molar-refractivity contribution is -0.131. The zero-order valence-electron chi connectivity index (χ0n) is 15.2. The van der Waals surface area contributed by atoms with Gasteiger partial charge in [0.25, 0.3) is 11.5 Å². The first-order valence-electron chi connectivity index (χ1n) is 9.32. The molecule has 1 saturated heterocycles. The predicted octanol–water partition coefficient (Wildman–Crippen LogP) is 2.10. The fourth-order valence-corrected chi connectivity index (χ4v) is 4.57. The van der Waals surface area contributed by atoms with Crippen molar-refractivity contribution in [1.29, 1.82) is 0 Å². The molecule has 4 rings (SSSR count). The van der Waals surface area contributed by atoms with Crippen LogP contribution in [0.5, 0.6) is 0 Å². The number of fused-ring (bicyclic) bond motifs is 1. The van der Waals surface area contributed by atoms with Crippen LogP contribution in [-0.2, 0) is 17.8 Å². The number of hydrogen-bond acceptors (Lipinski definition) is 5. The van der Waals surface area contributed by atoms with Crippen molar-refractivity contribution in [2.24, 2.45) is 0 Å². The third kappa shape index (κ3) is 3.29. The average Bonchev–Trinajstić information content (AvgIpc) is 3.38. The largest absolute Gasteiger partial charge is 0.333 e. The smallest absolute Gasteiger partial charge is 0.264 e. The molecule has 0 saturated carbocycles. The molecule has 7 nitrogen and oxygen atoms in total. The second-order valence-corrected chi connectivity index (χ2v) is 7.88. The Hall–Kier alpha value is -2.48. The predicted molar refractivity (Wildman–Crippen MR) is 102 cm³/mol. The van der Waals surface area contributed by atoms with Crippen LogP contribution in [0.1, 0.15) is 59.0 Å². The van der Waals surface area contributed by atoms with E-state index in [0.717, 1.165) is 18.5 Å². The summed E-state index contributed by atoms with van der Waals surface area (Å²) in [6.07, 6.45) is 2.74. The van der Waals surface area contributed by atoms with Gasteiger partial charge in [-0.15, -0.1) is 11.3 Å². The molecule has 0 unspecified atom stereocenters.